The van der Waals surface area contributed by atoms with Gasteiger partial charge in [0.05, 0.1) is 68.4 Å². The van der Waals surface area contributed by atoms with E-state index in [1.165, 1.54) is 38.2 Å². The van der Waals surface area contributed by atoms with E-state index in [2.05, 4.69) is 63.0 Å². The van der Waals surface area contributed by atoms with E-state index in [-0.39, 0.29) is 78.4 Å². The first kappa shape index (κ1) is 125. The normalized spacial score (nSPS) is 15.2. The second-order valence-electron chi connectivity index (χ2n) is 32.1. The zero-order chi connectivity index (χ0) is 98.0. The quantitative estimate of drug-likeness (QED) is 0.00453. The van der Waals surface area contributed by atoms with E-state index in [4.69, 9.17) is 82.3 Å². The second kappa shape index (κ2) is 69.3. The van der Waals surface area contributed by atoms with Gasteiger partial charge in [-0.3, -0.25) is 9.36 Å². The van der Waals surface area contributed by atoms with Gasteiger partial charge in [0.25, 0.3) is 11.4 Å². The minimum absolute atomic E-state index is 0.131. The summed E-state index contributed by atoms with van der Waals surface area (Å²) in [6.45, 7) is 49.8. The monoisotopic (exact) mass is 1890 g/mol. The summed E-state index contributed by atoms with van der Waals surface area (Å²) in [6.07, 6.45) is 6.00. The maximum atomic E-state index is 13.3. The molecule has 128 heavy (non-hydrogen) atoms. The molecule has 0 amide bonds. The van der Waals surface area contributed by atoms with Crippen molar-refractivity contribution < 1.29 is 98.6 Å². The number of hydrogen-bond acceptors (Lipinski definition) is 19. The number of Topliss-reactive ketones (excluding diaryl/α,β-unsaturated/α-hetero) is 1. The highest BCUT2D eigenvalue weighted by atomic mass is 35.5. The maximum Gasteiger partial charge on any atom is 0.428 e. The molecule has 8 atom stereocenters. The summed E-state index contributed by atoms with van der Waals surface area (Å²) in [5.41, 5.74) is 0.518. The number of nitriles is 1. The largest absolute Gasteiger partial charge is 0.487 e. The summed E-state index contributed by atoms with van der Waals surface area (Å²) < 4.78 is 102. The van der Waals surface area contributed by atoms with E-state index in [9.17, 15) is 51.6 Å². The third-order valence-electron chi connectivity index (χ3n) is 20.1. The predicted octanol–water partition coefficient (Wildman–Crippen LogP) is 25.9. The van der Waals surface area contributed by atoms with Crippen molar-refractivity contribution >= 4 is 86.4 Å². The van der Waals surface area contributed by atoms with Crippen molar-refractivity contribution in [2.24, 2.45) is 0 Å². The Morgan fingerprint density at radius 2 is 0.836 bits per heavy atom. The number of aldehydes is 1. The van der Waals surface area contributed by atoms with Crippen LogP contribution < -0.4 is 0 Å². The van der Waals surface area contributed by atoms with Crippen LogP contribution in [0.3, 0.4) is 0 Å². The Kier molecular flexibility index (Phi) is 67.5. The molecule has 2 heterocycles. The van der Waals surface area contributed by atoms with Crippen molar-refractivity contribution in [3.05, 3.63) is 227 Å². The molecule has 0 radical (unpaired) electrons. The van der Waals surface area contributed by atoms with Gasteiger partial charge in [-0.25, -0.2) is 19.2 Å². The highest BCUT2D eigenvalue weighted by molar-refractivity contribution is 7.55. The number of carbonyl (C=O) groups excluding carboxylic acids is 6. The lowest BCUT2D eigenvalue weighted by molar-refractivity contribution is -0.268. The number of nitrogens with zero attached hydrogens (tertiary/aromatic N) is 1. The third kappa shape index (κ3) is 50.2. The van der Waals surface area contributed by atoms with Gasteiger partial charge >= 0.3 is 37.6 Å². The van der Waals surface area contributed by atoms with Crippen LogP contribution >= 0.6 is 42.4 Å². The Balaban J connectivity index is -0.00000139. The average Bonchev–Trinajstić information content (AvgIpc) is 0.807. The molecule has 2 fully saturated rings. The van der Waals surface area contributed by atoms with Crippen LogP contribution in [0.1, 0.15) is 241 Å². The molecule has 2 aliphatic heterocycles. The lowest BCUT2D eigenvalue weighted by Gasteiger charge is -2.37. The van der Waals surface area contributed by atoms with Crippen LogP contribution in [0.25, 0.3) is 0 Å². The molecule has 6 aromatic rings. The number of hydrogen-bond donors (Lipinski definition) is 1. The number of rotatable bonds is 34. The summed E-state index contributed by atoms with van der Waals surface area (Å²) >= 11 is 15.3. The van der Waals surface area contributed by atoms with Crippen molar-refractivity contribution in [2.45, 2.75) is 278 Å². The van der Waals surface area contributed by atoms with E-state index in [1.807, 2.05) is 201 Å². The first-order valence-corrected chi connectivity index (χ1v) is 51.5. The molecule has 0 spiro atoms. The molecule has 1 N–H and O–H groups in total. The van der Waals surface area contributed by atoms with Gasteiger partial charge in [-0.1, -0.05) is 264 Å². The number of allylic oxidation sites excluding steroid dienone is 1. The fourth-order valence-electron chi connectivity index (χ4n) is 11.6. The van der Waals surface area contributed by atoms with E-state index >= 15 is 0 Å². The van der Waals surface area contributed by atoms with E-state index < -0.39 is 74.8 Å². The molecule has 8 unspecified atom stereocenters. The molecule has 0 saturated carbocycles. The van der Waals surface area contributed by atoms with Gasteiger partial charge in [0.2, 0.25) is 11.5 Å². The first-order chi connectivity index (χ1) is 60.4. The standard InChI is InChI=1S/C17H24O3.C16H21F3O3.C15H20O3.C11H13N.C11H14O.C10H21O6P.C8H9Cl.2C4H8O.C4H12Si.CH2Cl2/c1-5-17(4,14-11-9-8-10-12-14)13-15(19-6-2)16(18)20-7-3;1-4-14(3,12-9-7-6-8-10-12)11-15(21,16(17,18)19)13(20)22-5-2;1-4-15(3,12-9-7-6-8-10-12)11-13(16)14(17)18-5-2;2*1-3-11(2,9-12)10-7-5-4-6-8-10;1-5-13-9(11)10(14-6-2)17(12,15-7-3)16-8-4;1-7(9)8-5-3-2-4-6-8;2*1-2-4-5-3-1;1-5(2,3)4;2-1-3/h8-13H,5-7H2,1-4H3;6-10,21H,4-5,11H2,1-3H3;6-10H,4-5,11H2,1-3H3;4-8H,3H2,1-2H3;4-9H,3H2,1-2H3;10H,5-8H2,1-4H3;2-7H,1H3;2*1-4H2;1-4H3;1H2/b15-13-;;;;;;;;;;. The molecule has 720 valence electrons. The van der Waals surface area contributed by atoms with Crippen molar-refractivity contribution in [3.8, 4) is 6.07 Å². The van der Waals surface area contributed by atoms with Crippen LogP contribution in [0.2, 0.25) is 26.2 Å². The fourth-order valence-corrected chi connectivity index (χ4v) is 13.4. The van der Waals surface area contributed by atoms with Gasteiger partial charge in [-0.05, 0) is 184 Å². The van der Waals surface area contributed by atoms with Crippen LogP contribution in [0.15, 0.2) is 194 Å². The Hall–Kier alpha value is -7.56. The average molecular weight is 1890 g/mol. The molecule has 0 bridgehead atoms. The molecular formula is C101H152Cl3F3NO18PSi. The van der Waals surface area contributed by atoms with Gasteiger partial charge in [0.15, 0.2) is 0 Å². The number of halogens is 6. The third-order valence-corrected chi connectivity index (χ3v) is 22.5. The van der Waals surface area contributed by atoms with Gasteiger partial charge in [0, 0.05) is 64.8 Å². The number of alkyl halides is 6. The molecule has 19 nitrogen and oxygen atoms in total. The highest BCUT2D eigenvalue weighted by Gasteiger charge is 2.63. The SMILES string of the molecule is C1CCOC1.C1CCOC1.CC(Cl)c1ccccc1.CCC(C)(C#N)c1ccccc1.CCC(C)(C=O)c1ccccc1.CCOC(=O)/C(=C/C(C)(CC)c1ccccc1)OCC.CCOC(=O)C(=O)CC(C)(CC)c1ccccc1.CCOC(=O)C(O)(CC(C)(CC)c1ccccc1)C(F)(F)F.CCOC(=O)C(OCC)P(=O)(OCC)OCC.C[Si](C)(C)C.ClCCl. The predicted molar refractivity (Wildman–Crippen MR) is 516 cm³/mol. The molecule has 0 aliphatic carbocycles. The zero-order valence-corrected chi connectivity index (χ0v) is 84.8. The van der Waals surface area contributed by atoms with Crippen LogP contribution in [0.4, 0.5) is 13.2 Å². The number of aliphatic hydroxyl groups is 1. The van der Waals surface area contributed by atoms with Crippen LogP contribution in [-0.2, 0) is 107 Å². The number of ether oxygens (including phenoxy) is 8. The smallest absolute Gasteiger partial charge is 0.428 e. The molecule has 8 rings (SSSR count). The lowest BCUT2D eigenvalue weighted by Crippen LogP contribution is -2.56. The van der Waals surface area contributed by atoms with Crippen LogP contribution in [-0.4, -0.2) is 151 Å². The van der Waals surface area contributed by atoms with Gasteiger partial charge in [0.1, 0.15) is 6.29 Å². The summed E-state index contributed by atoms with van der Waals surface area (Å²) in [5.74, 6) is -4.98. The van der Waals surface area contributed by atoms with Crippen LogP contribution in [0.5, 0.6) is 0 Å². The van der Waals surface area contributed by atoms with Crippen molar-refractivity contribution in [2.75, 3.05) is 84.6 Å². The molecular weight excluding hydrogens is 1740 g/mol. The number of ketones is 1. The minimum Gasteiger partial charge on any atom is -0.487 e. The van der Waals surface area contributed by atoms with Crippen molar-refractivity contribution in [3.63, 3.8) is 0 Å². The zero-order valence-electron chi connectivity index (χ0n) is 80.7. The number of benzene rings is 6. The Bertz CT molecular complexity index is 3980. The second-order valence-corrected chi connectivity index (χ2v) is 41.6. The van der Waals surface area contributed by atoms with Gasteiger partial charge in [-0.2, -0.15) is 18.4 Å². The molecule has 2 saturated heterocycles. The molecule has 6 aromatic carbocycles. The van der Waals surface area contributed by atoms with Crippen LogP contribution in [0, 0.1) is 11.3 Å². The van der Waals surface area contributed by atoms with E-state index in [1.54, 1.807) is 85.7 Å². The van der Waals surface area contributed by atoms with E-state index in [0.29, 0.717) is 31.0 Å². The number of esters is 4. The summed E-state index contributed by atoms with van der Waals surface area (Å²) in [7, 11) is -4.24. The Morgan fingerprint density at radius 3 is 1.12 bits per heavy atom. The topological polar surface area (TPSA) is 256 Å². The molecule has 2 aliphatic rings. The highest BCUT2D eigenvalue weighted by Crippen LogP contribution is 2.54. The fraction of sp³-hybridized carbons (Fsp3) is 0.554. The first-order valence-electron chi connectivity index (χ1n) is 44.4. The van der Waals surface area contributed by atoms with Crippen molar-refractivity contribution in [1.82, 2.24) is 0 Å². The maximum absolute atomic E-state index is 13.3. The molecule has 0 aromatic heterocycles. The van der Waals surface area contributed by atoms with E-state index in [0.717, 1.165) is 80.7 Å². The van der Waals surface area contributed by atoms with Gasteiger partial charge in [-0.15, -0.1) is 34.8 Å². The Morgan fingerprint density at radius 1 is 0.492 bits per heavy atom. The summed E-state index contributed by atoms with van der Waals surface area (Å²) in [4.78, 5) is 69.4. The van der Waals surface area contributed by atoms with Crippen molar-refractivity contribution in [1.29, 1.82) is 5.26 Å². The summed E-state index contributed by atoms with van der Waals surface area (Å²) in [6, 6.07) is 60.6. The lowest BCUT2D eigenvalue weighted by atomic mass is 9.71. The number of carbonyl (C=O) groups is 6. The minimum atomic E-state index is -5.11. The van der Waals surface area contributed by atoms with Gasteiger partial charge < -0.3 is 56.8 Å². The Labute approximate surface area is 781 Å². The molecule has 27 heteroatoms. The summed E-state index contributed by atoms with van der Waals surface area (Å²) in [5, 5.41) is 19.4.